The molecule has 1 saturated heterocycles. The molecule has 0 spiro atoms. The topological polar surface area (TPSA) is 71.0 Å². The Bertz CT molecular complexity index is 876. The molecule has 0 bridgehead atoms. The predicted octanol–water partition coefficient (Wildman–Crippen LogP) is 3.95. The summed E-state index contributed by atoms with van der Waals surface area (Å²) in [6, 6.07) is 16.3. The minimum Gasteiger partial charge on any atom is -0.383 e. The number of hydrogen-bond acceptors (Lipinski definition) is 5. The van der Waals surface area contributed by atoms with Crippen LogP contribution in [-0.2, 0) is 14.3 Å². The van der Waals surface area contributed by atoms with Crippen LogP contribution < -0.4 is 5.32 Å². The molecule has 2 aromatic rings. The van der Waals surface area contributed by atoms with E-state index in [1.165, 1.54) is 11.8 Å². The molecule has 146 valence electrons. The lowest BCUT2D eigenvalue weighted by atomic mass is 10.2. The van der Waals surface area contributed by atoms with Crippen LogP contribution >= 0.6 is 23.4 Å². The van der Waals surface area contributed by atoms with E-state index in [9.17, 15) is 9.59 Å². The Morgan fingerprint density at radius 1 is 1.21 bits per heavy atom. The van der Waals surface area contributed by atoms with Crippen molar-refractivity contribution in [3.8, 4) is 0 Å². The highest BCUT2D eigenvalue weighted by molar-refractivity contribution is 8.15. The van der Waals surface area contributed by atoms with E-state index < -0.39 is 5.25 Å². The van der Waals surface area contributed by atoms with Crippen LogP contribution in [0.1, 0.15) is 6.42 Å². The smallest absolute Gasteiger partial charge is 0.242 e. The highest BCUT2D eigenvalue weighted by Gasteiger charge is 2.39. The van der Waals surface area contributed by atoms with Gasteiger partial charge in [0.25, 0.3) is 0 Å². The van der Waals surface area contributed by atoms with Crippen molar-refractivity contribution in [2.24, 2.45) is 4.99 Å². The predicted molar refractivity (Wildman–Crippen MR) is 113 cm³/mol. The molecule has 2 aromatic carbocycles. The Labute approximate surface area is 172 Å². The monoisotopic (exact) mass is 417 g/mol. The van der Waals surface area contributed by atoms with Crippen molar-refractivity contribution in [2.75, 3.05) is 25.6 Å². The SMILES string of the molecule is COCCN1C(=O)C(CC(=O)Nc2ccccc2)SC1=Nc1ccccc1Cl. The fraction of sp³-hybridized carbons (Fsp3) is 0.250. The van der Waals surface area contributed by atoms with Crippen LogP contribution in [0.4, 0.5) is 11.4 Å². The Kier molecular flexibility index (Phi) is 7.08. The molecule has 3 rings (SSSR count). The molecule has 8 heteroatoms. The van der Waals surface area contributed by atoms with Crippen LogP contribution in [0.2, 0.25) is 5.02 Å². The van der Waals surface area contributed by atoms with Gasteiger partial charge in [0, 0.05) is 19.2 Å². The van der Waals surface area contributed by atoms with Gasteiger partial charge in [-0.05, 0) is 24.3 Å². The molecular formula is C20H20ClN3O3S. The standard InChI is InChI=1S/C20H20ClN3O3S/c1-27-12-11-24-19(26)17(13-18(25)22-14-7-3-2-4-8-14)28-20(24)23-16-10-6-5-9-15(16)21/h2-10,17H,11-13H2,1H3,(H,22,25). The molecule has 6 nitrogen and oxygen atoms in total. The van der Waals surface area contributed by atoms with Gasteiger partial charge < -0.3 is 10.1 Å². The summed E-state index contributed by atoms with van der Waals surface area (Å²) in [5.74, 6) is -0.376. The number of ether oxygens (including phenoxy) is 1. The molecule has 0 aliphatic carbocycles. The van der Waals surface area contributed by atoms with Crippen LogP contribution in [0.25, 0.3) is 0 Å². The molecule has 1 fully saturated rings. The summed E-state index contributed by atoms with van der Waals surface area (Å²) in [5.41, 5.74) is 1.28. The fourth-order valence-electron chi connectivity index (χ4n) is 2.66. The van der Waals surface area contributed by atoms with Crippen molar-refractivity contribution in [1.29, 1.82) is 0 Å². The lowest BCUT2D eigenvalue weighted by molar-refractivity contribution is -0.128. The number of rotatable bonds is 7. The van der Waals surface area contributed by atoms with Crippen LogP contribution in [0.15, 0.2) is 59.6 Å². The Balaban J connectivity index is 1.75. The van der Waals surface area contributed by atoms with Gasteiger partial charge in [0.1, 0.15) is 5.25 Å². The lowest BCUT2D eigenvalue weighted by Gasteiger charge is -2.16. The summed E-state index contributed by atoms with van der Waals surface area (Å²) >= 11 is 7.46. The first kappa shape index (κ1) is 20.4. The normalized spacial score (nSPS) is 17.9. The van der Waals surface area contributed by atoms with E-state index in [0.29, 0.717) is 34.7 Å². The van der Waals surface area contributed by atoms with Gasteiger partial charge in [-0.3, -0.25) is 14.5 Å². The number of nitrogens with zero attached hydrogens (tertiary/aromatic N) is 2. The van der Waals surface area contributed by atoms with E-state index in [1.54, 1.807) is 36.3 Å². The summed E-state index contributed by atoms with van der Waals surface area (Å²) in [4.78, 5) is 31.3. The molecule has 0 aromatic heterocycles. The lowest BCUT2D eigenvalue weighted by Crippen LogP contribution is -2.35. The molecule has 0 radical (unpaired) electrons. The summed E-state index contributed by atoms with van der Waals surface area (Å²) < 4.78 is 5.11. The number of nitrogens with one attached hydrogen (secondary N) is 1. The zero-order chi connectivity index (χ0) is 19.9. The zero-order valence-electron chi connectivity index (χ0n) is 15.3. The number of anilines is 1. The maximum Gasteiger partial charge on any atom is 0.242 e. The highest BCUT2D eigenvalue weighted by atomic mass is 35.5. The number of halogens is 1. The third-order valence-electron chi connectivity index (χ3n) is 4.04. The van der Waals surface area contributed by atoms with E-state index in [4.69, 9.17) is 16.3 Å². The Hall–Kier alpha value is -2.35. The van der Waals surface area contributed by atoms with E-state index >= 15 is 0 Å². The van der Waals surface area contributed by atoms with Crippen LogP contribution in [-0.4, -0.2) is 47.4 Å². The Morgan fingerprint density at radius 2 is 1.93 bits per heavy atom. The van der Waals surface area contributed by atoms with Gasteiger partial charge in [-0.15, -0.1) is 0 Å². The minimum absolute atomic E-state index is 0.0589. The first-order chi connectivity index (χ1) is 13.6. The number of methoxy groups -OCH3 is 1. The summed E-state index contributed by atoms with van der Waals surface area (Å²) in [7, 11) is 1.57. The molecule has 1 unspecified atom stereocenters. The second kappa shape index (κ2) is 9.73. The van der Waals surface area contributed by atoms with Gasteiger partial charge >= 0.3 is 0 Å². The zero-order valence-corrected chi connectivity index (χ0v) is 16.9. The van der Waals surface area contributed by atoms with Crippen molar-refractivity contribution < 1.29 is 14.3 Å². The third-order valence-corrected chi connectivity index (χ3v) is 5.53. The van der Waals surface area contributed by atoms with Crippen molar-refractivity contribution in [3.63, 3.8) is 0 Å². The van der Waals surface area contributed by atoms with E-state index in [0.717, 1.165) is 0 Å². The third kappa shape index (κ3) is 5.13. The molecule has 28 heavy (non-hydrogen) atoms. The van der Waals surface area contributed by atoms with Gasteiger partial charge in [-0.2, -0.15) is 0 Å². The van der Waals surface area contributed by atoms with Crippen molar-refractivity contribution >= 4 is 51.7 Å². The quantitative estimate of drug-likeness (QED) is 0.740. The molecule has 1 aliphatic rings. The average Bonchev–Trinajstić information content (AvgIpc) is 2.97. The maximum atomic E-state index is 12.8. The maximum absolute atomic E-state index is 12.8. The second-order valence-electron chi connectivity index (χ2n) is 6.05. The van der Waals surface area contributed by atoms with Crippen LogP contribution in [0, 0.1) is 0 Å². The van der Waals surface area contributed by atoms with E-state index in [-0.39, 0.29) is 18.2 Å². The minimum atomic E-state index is -0.540. The molecular weight excluding hydrogens is 398 g/mol. The highest BCUT2D eigenvalue weighted by Crippen LogP contribution is 2.33. The van der Waals surface area contributed by atoms with Crippen molar-refractivity contribution in [3.05, 3.63) is 59.6 Å². The molecule has 1 aliphatic heterocycles. The number of carbonyl (C=O) groups is 2. The van der Waals surface area contributed by atoms with E-state index in [2.05, 4.69) is 10.3 Å². The average molecular weight is 418 g/mol. The van der Waals surface area contributed by atoms with Gasteiger partial charge in [-0.1, -0.05) is 53.7 Å². The largest absolute Gasteiger partial charge is 0.383 e. The molecule has 0 saturated carbocycles. The van der Waals surface area contributed by atoms with Crippen LogP contribution in [0.3, 0.4) is 0 Å². The number of benzene rings is 2. The number of thioether (sulfide) groups is 1. The fourth-order valence-corrected chi connectivity index (χ4v) is 4.02. The first-order valence-corrected chi connectivity index (χ1v) is 9.99. The van der Waals surface area contributed by atoms with Crippen LogP contribution in [0.5, 0.6) is 0 Å². The van der Waals surface area contributed by atoms with Gasteiger partial charge in [0.05, 0.1) is 23.9 Å². The first-order valence-electron chi connectivity index (χ1n) is 8.73. The van der Waals surface area contributed by atoms with Gasteiger partial charge in [0.15, 0.2) is 5.17 Å². The number of amidine groups is 1. The van der Waals surface area contributed by atoms with Gasteiger partial charge in [0.2, 0.25) is 11.8 Å². The Morgan fingerprint density at radius 3 is 2.64 bits per heavy atom. The second-order valence-corrected chi connectivity index (χ2v) is 7.63. The summed E-state index contributed by atoms with van der Waals surface area (Å²) in [5, 5.41) is 3.29. The molecule has 1 N–H and O–H groups in total. The molecule has 1 atom stereocenters. The number of hydrogen-bond donors (Lipinski definition) is 1. The van der Waals surface area contributed by atoms with Gasteiger partial charge in [-0.25, -0.2) is 4.99 Å². The number of para-hydroxylation sites is 2. The number of amides is 2. The van der Waals surface area contributed by atoms with Crippen molar-refractivity contribution in [2.45, 2.75) is 11.7 Å². The number of carbonyl (C=O) groups excluding carboxylic acids is 2. The summed E-state index contributed by atoms with van der Waals surface area (Å²) in [6.45, 7) is 0.735. The molecule has 1 heterocycles. The van der Waals surface area contributed by atoms with E-state index in [1.807, 2.05) is 30.3 Å². The number of aliphatic imine (C=N–C) groups is 1. The summed E-state index contributed by atoms with van der Waals surface area (Å²) in [6.07, 6.45) is 0.0589. The van der Waals surface area contributed by atoms with Crippen molar-refractivity contribution in [1.82, 2.24) is 4.90 Å². The molecule has 2 amide bonds.